The van der Waals surface area contributed by atoms with Crippen LogP contribution in [-0.2, 0) is 16.0 Å². The van der Waals surface area contributed by atoms with Crippen LogP contribution in [0.4, 0.5) is 4.79 Å². The van der Waals surface area contributed by atoms with Gasteiger partial charge in [-0.15, -0.1) is 0 Å². The van der Waals surface area contributed by atoms with Gasteiger partial charge < -0.3 is 25.7 Å². The first-order valence-electron chi connectivity index (χ1n) is 10.2. The Balaban J connectivity index is 1.56. The van der Waals surface area contributed by atoms with Crippen molar-refractivity contribution in [1.29, 1.82) is 0 Å². The second kappa shape index (κ2) is 12.1. The van der Waals surface area contributed by atoms with Crippen molar-refractivity contribution in [1.82, 2.24) is 15.5 Å². The lowest BCUT2D eigenvalue weighted by atomic mass is 9.99. The van der Waals surface area contributed by atoms with Crippen LogP contribution in [0.15, 0.2) is 30.3 Å². The van der Waals surface area contributed by atoms with Gasteiger partial charge in [0.1, 0.15) is 6.04 Å². The van der Waals surface area contributed by atoms with Gasteiger partial charge in [-0.3, -0.25) is 4.79 Å². The number of amides is 2. The summed E-state index contributed by atoms with van der Waals surface area (Å²) in [6, 6.07) is 8.80. The van der Waals surface area contributed by atoms with Gasteiger partial charge in [0.2, 0.25) is 0 Å². The number of hydrogen-bond acceptors (Lipinski definition) is 4. The number of likely N-dealkylation sites (tertiary alicyclic amines) is 1. The fourth-order valence-corrected chi connectivity index (χ4v) is 3.51. The number of nitrogens with one attached hydrogen (secondary N) is 2. The van der Waals surface area contributed by atoms with Crippen LogP contribution in [0, 0.1) is 5.92 Å². The van der Waals surface area contributed by atoms with E-state index in [0.29, 0.717) is 45.4 Å². The molecule has 0 saturated carbocycles. The number of nitrogens with zero attached hydrogens (tertiary/aromatic N) is 1. The number of hydrogen-bond donors (Lipinski definition) is 4. The third-order valence-electron chi connectivity index (χ3n) is 5.22. The van der Waals surface area contributed by atoms with E-state index in [4.69, 9.17) is 5.11 Å². The predicted octanol–water partition coefficient (Wildman–Crippen LogP) is 1.95. The number of unbranched alkanes of at least 4 members (excludes halogenated alkanes) is 1. The molecule has 1 aliphatic rings. The summed E-state index contributed by atoms with van der Waals surface area (Å²) in [4.78, 5) is 36.0. The third-order valence-corrected chi connectivity index (χ3v) is 5.22. The van der Waals surface area contributed by atoms with Crippen molar-refractivity contribution in [3.05, 3.63) is 35.9 Å². The highest BCUT2D eigenvalue weighted by atomic mass is 16.4. The highest BCUT2D eigenvalue weighted by Crippen LogP contribution is 2.17. The van der Waals surface area contributed by atoms with Gasteiger partial charge in [0.15, 0.2) is 0 Å². The Kier molecular flexibility index (Phi) is 9.43. The summed E-state index contributed by atoms with van der Waals surface area (Å²) in [5.74, 6) is -2.18. The van der Waals surface area contributed by atoms with Gasteiger partial charge in [-0.05, 0) is 50.6 Å². The van der Waals surface area contributed by atoms with E-state index in [1.165, 1.54) is 4.90 Å². The molecule has 2 amide bonds. The Morgan fingerprint density at radius 1 is 1.10 bits per heavy atom. The fourth-order valence-electron chi connectivity index (χ4n) is 3.51. The van der Waals surface area contributed by atoms with Crippen molar-refractivity contribution in [2.45, 2.75) is 44.6 Å². The first kappa shape index (κ1) is 22.7. The molecule has 1 fully saturated rings. The molecule has 0 bridgehead atoms. The van der Waals surface area contributed by atoms with E-state index in [2.05, 4.69) is 10.6 Å². The molecule has 29 heavy (non-hydrogen) atoms. The molecule has 1 heterocycles. The van der Waals surface area contributed by atoms with E-state index in [9.17, 15) is 19.5 Å². The zero-order valence-electron chi connectivity index (χ0n) is 16.7. The van der Waals surface area contributed by atoms with E-state index in [1.54, 1.807) is 0 Å². The molecule has 1 aliphatic heterocycles. The molecule has 8 nitrogen and oxygen atoms in total. The zero-order chi connectivity index (χ0) is 21.1. The van der Waals surface area contributed by atoms with Gasteiger partial charge in [-0.2, -0.15) is 0 Å². The van der Waals surface area contributed by atoms with Crippen molar-refractivity contribution >= 4 is 18.0 Å². The summed E-state index contributed by atoms with van der Waals surface area (Å²) in [7, 11) is 0. The van der Waals surface area contributed by atoms with Crippen LogP contribution in [0.2, 0.25) is 0 Å². The molecule has 0 aliphatic carbocycles. The molecular formula is C21H31N3O5. The lowest BCUT2D eigenvalue weighted by molar-refractivity contribution is -0.142. The Hall–Kier alpha value is -2.61. The summed E-state index contributed by atoms with van der Waals surface area (Å²) in [6.07, 6.45) is 4.08. The van der Waals surface area contributed by atoms with Gasteiger partial charge in [0.25, 0.3) is 0 Å². The van der Waals surface area contributed by atoms with E-state index in [1.807, 2.05) is 30.3 Å². The standard InChI is InChI=1S/C21H31N3O5/c25-19(26)17(11-10-16-7-2-1-3-8-16)15-22-12-4-5-13-23-21(29)24-14-6-9-18(24)20(27)28/h1-3,7-8,17-18,22H,4-6,9-15H2,(H,23,29)(H,25,26)(H,27,28)/t17?,18-/m0/s1. The highest BCUT2D eigenvalue weighted by molar-refractivity contribution is 5.83. The average Bonchev–Trinajstić information content (AvgIpc) is 3.20. The minimum absolute atomic E-state index is 0.324. The maximum atomic E-state index is 12.1. The summed E-state index contributed by atoms with van der Waals surface area (Å²) < 4.78 is 0. The molecule has 4 N–H and O–H groups in total. The van der Waals surface area contributed by atoms with Crippen LogP contribution in [-0.4, -0.2) is 65.3 Å². The van der Waals surface area contributed by atoms with E-state index in [-0.39, 0.29) is 6.03 Å². The summed E-state index contributed by atoms with van der Waals surface area (Å²) in [5.41, 5.74) is 1.14. The topological polar surface area (TPSA) is 119 Å². The fraction of sp³-hybridized carbons (Fsp3) is 0.571. The number of benzene rings is 1. The SMILES string of the molecule is O=C(O)C(CCc1ccccc1)CNCCCCNC(=O)N1CCC[C@H]1C(=O)O. The minimum Gasteiger partial charge on any atom is -0.481 e. The Bertz CT molecular complexity index is 668. The van der Waals surface area contributed by atoms with Gasteiger partial charge in [0.05, 0.1) is 5.92 Å². The first-order valence-corrected chi connectivity index (χ1v) is 10.2. The second-order valence-electron chi connectivity index (χ2n) is 7.39. The number of urea groups is 1. The Morgan fingerprint density at radius 2 is 1.83 bits per heavy atom. The number of carboxylic acids is 2. The second-order valence-corrected chi connectivity index (χ2v) is 7.39. The molecule has 1 unspecified atom stereocenters. The van der Waals surface area contributed by atoms with Gasteiger partial charge in [-0.1, -0.05) is 30.3 Å². The van der Waals surface area contributed by atoms with E-state index >= 15 is 0 Å². The lowest BCUT2D eigenvalue weighted by Crippen LogP contribution is -2.46. The first-order chi connectivity index (χ1) is 14.0. The Morgan fingerprint density at radius 3 is 2.52 bits per heavy atom. The van der Waals surface area contributed by atoms with Gasteiger partial charge in [0, 0.05) is 19.6 Å². The summed E-state index contributed by atoms with van der Waals surface area (Å²) >= 11 is 0. The molecule has 1 saturated heterocycles. The summed E-state index contributed by atoms with van der Waals surface area (Å²) in [6.45, 7) is 2.04. The quantitative estimate of drug-likeness (QED) is 0.395. The maximum absolute atomic E-state index is 12.1. The molecular weight excluding hydrogens is 374 g/mol. The number of carbonyl (C=O) groups excluding carboxylic acids is 1. The van der Waals surface area contributed by atoms with Crippen molar-refractivity contribution in [3.8, 4) is 0 Å². The molecule has 2 rings (SSSR count). The van der Waals surface area contributed by atoms with Crippen LogP contribution in [0.25, 0.3) is 0 Å². The van der Waals surface area contributed by atoms with Gasteiger partial charge >= 0.3 is 18.0 Å². The normalized spacial score (nSPS) is 17.1. The van der Waals surface area contributed by atoms with Crippen LogP contribution < -0.4 is 10.6 Å². The van der Waals surface area contributed by atoms with Crippen molar-refractivity contribution in [2.75, 3.05) is 26.2 Å². The molecule has 0 aromatic heterocycles. The molecule has 8 heteroatoms. The highest BCUT2D eigenvalue weighted by Gasteiger charge is 2.33. The average molecular weight is 405 g/mol. The molecule has 0 spiro atoms. The van der Waals surface area contributed by atoms with Crippen molar-refractivity contribution in [2.24, 2.45) is 5.92 Å². The molecule has 1 aromatic rings. The van der Waals surface area contributed by atoms with Crippen molar-refractivity contribution in [3.63, 3.8) is 0 Å². The molecule has 0 radical (unpaired) electrons. The lowest BCUT2D eigenvalue weighted by Gasteiger charge is -2.21. The smallest absolute Gasteiger partial charge is 0.326 e. The Labute approximate surface area is 171 Å². The zero-order valence-corrected chi connectivity index (χ0v) is 16.7. The number of aryl methyl sites for hydroxylation is 1. The van der Waals surface area contributed by atoms with Crippen LogP contribution in [0.5, 0.6) is 0 Å². The van der Waals surface area contributed by atoms with Crippen molar-refractivity contribution < 1.29 is 24.6 Å². The molecule has 1 aromatic carbocycles. The number of carbonyl (C=O) groups is 3. The van der Waals surface area contributed by atoms with Crippen LogP contribution in [0.1, 0.15) is 37.7 Å². The van der Waals surface area contributed by atoms with E-state index < -0.39 is 23.9 Å². The predicted molar refractivity (Wildman–Crippen MR) is 109 cm³/mol. The monoisotopic (exact) mass is 405 g/mol. The largest absolute Gasteiger partial charge is 0.481 e. The number of carboxylic acid groups (broad SMARTS) is 2. The third kappa shape index (κ3) is 7.73. The summed E-state index contributed by atoms with van der Waals surface area (Å²) in [5, 5.41) is 24.5. The molecule has 2 atom stereocenters. The van der Waals surface area contributed by atoms with Crippen LogP contribution >= 0.6 is 0 Å². The molecule has 160 valence electrons. The van der Waals surface area contributed by atoms with E-state index in [0.717, 1.165) is 24.8 Å². The minimum atomic E-state index is -0.956. The number of aliphatic carboxylic acids is 2. The number of rotatable bonds is 12. The van der Waals surface area contributed by atoms with Gasteiger partial charge in [-0.25, -0.2) is 9.59 Å². The maximum Gasteiger partial charge on any atom is 0.326 e. The van der Waals surface area contributed by atoms with Crippen LogP contribution in [0.3, 0.4) is 0 Å².